The summed E-state index contributed by atoms with van der Waals surface area (Å²) in [5.74, 6) is 0.735. The standard InChI is InChI=1S/C18H23N5OS.HI/c1-2-19-17(20-9-8-16(24)14-6-4-3-5-7-14)21-12-15-13-23-10-11-25-18(23)22-15;/h3-7,10-11,13,16,24H,2,8-9,12H2,1H3,(H2,19,20,21);1H. The van der Waals surface area contributed by atoms with Crippen LogP contribution in [-0.4, -0.2) is 33.5 Å². The van der Waals surface area contributed by atoms with Gasteiger partial charge in [-0.25, -0.2) is 9.98 Å². The molecular weight excluding hydrogens is 461 g/mol. The van der Waals surface area contributed by atoms with Crippen molar-refractivity contribution in [3.8, 4) is 0 Å². The van der Waals surface area contributed by atoms with Gasteiger partial charge in [-0.1, -0.05) is 30.3 Å². The lowest BCUT2D eigenvalue weighted by atomic mass is 10.1. The van der Waals surface area contributed by atoms with Crippen molar-refractivity contribution >= 4 is 46.2 Å². The summed E-state index contributed by atoms with van der Waals surface area (Å²) in [6.07, 6.45) is 4.14. The second-order valence-corrected chi connectivity index (χ2v) is 6.54. The first kappa shape index (κ1) is 20.7. The fraction of sp³-hybridized carbons (Fsp3) is 0.333. The van der Waals surface area contributed by atoms with Gasteiger partial charge in [-0.3, -0.25) is 4.40 Å². The molecule has 0 aliphatic heterocycles. The van der Waals surface area contributed by atoms with E-state index in [1.807, 2.05) is 59.4 Å². The number of aliphatic hydroxyl groups is 1. The van der Waals surface area contributed by atoms with Crippen LogP contribution in [-0.2, 0) is 6.54 Å². The van der Waals surface area contributed by atoms with Crippen molar-refractivity contribution < 1.29 is 5.11 Å². The van der Waals surface area contributed by atoms with Gasteiger partial charge in [0.05, 0.1) is 18.3 Å². The van der Waals surface area contributed by atoms with E-state index in [2.05, 4.69) is 20.6 Å². The lowest BCUT2D eigenvalue weighted by Gasteiger charge is -2.14. The third-order valence-electron chi connectivity index (χ3n) is 3.78. The Labute approximate surface area is 174 Å². The average molecular weight is 485 g/mol. The first-order valence-corrected chi connectivity index (χ1v) is 9.30. The van der Waals surface area contributed by atoms with Gasteiger partial charge >= 0.3 is 0 Å². The van der Waals surface area contributed by atoms with E-state index in [0.717, 1.165) is 28.7 Å². The molecule has 1 aromatic carbocycles. The summed E-state index contributed by atoms with van der Waals surface area (Å²) in [7, 11) is 0. The zero-order valence-corrected chi connectivity index (χ0v) is 17.8. The number of benzene rings is 1. The molecule has 3 rings (SSSR count). The number of aliphatic hydroxyl groups excluding tert-OH is 1. The number of fused-ring (bicyclic) bond motifs is 1. The fourth-order valence-electron chi connectivity index (χ4n) is 2.52. The van der Waals surface area contributed by atoms with Gasteiger partial charge in [0, 0.05) is 30.9 Å². The van der Waals surface area contributed by atoms with Gasteiger partial charge < -0.3 is 15.7 Å². The Hall–Kier alpha value is -1.65. The summed E-state index contributed by atoms with van der Waals surface area (Å²) < 4.78 is 2.01. The van der Waals surface area contributed by atoms with Crippen LogP contribution in [0.3, 0.4) is 0 Å². The molecule has 0 saturated carbocycles. The van der Waals surface area contributed by atoms with E-state index in [-0.39, 0.29) is 24.0 Å². The van der Waals surface area contributed by atoms with Gasteiger partial charge in [0.1, 0.15) is 0 Å². The van der Waals surface area contributed by atoms with Crippen molar-refractivity contribution in [3.05, 3.63) is 59.4 Å². The summed E-state index contributed by atoms with van der Waals surface area (Å²) in [5.41, 5.74) is 1.87. The molecule has 0 radical (unpaired) electrons. The van der Waals surface area contributed by atoms with E-state index in [1.165, 1.54) is 0 Å². The molecule has 140 valence electrons. The summed E-state index contributed by atoms with van der Waals surface area (Å²) in [5, 5.41) is 18.7. The Balaban J connectivity index is 0.00000243. The molecule has 2 heterocycles. The smallest absolute Gasteiger partial charge is 0.193 e. The number of aromatic nitrogens is 2. The third-order valence-corrected chi connectivity index (χ3v) is 4.55. The van der Waals surface area contributed by atoms with Crippen LogP contribution < -0.4 is 10.6 Å². The zero-order valence-electron chi connectivity index (χ0n) is 14.6. The van der Waals surface area contributed by atoms with Crippen LogP contribution in [0.1, 0.15) is 30.7 Å². The molecule has 0 fully saturated rings. The molecule has 0 spiro atoms. The topological polar surface area (TPSA) is 74.0 Å². The average Bonchev–Trinajstić information content (AvgIpc) is 3.22. The van der Waals surface area contributed by atoms with Crippen LogP contribution >= 0.6 is 35.3 Å². The molecule has 0 bridgehead atoms. The summed E-state index contributed by atoms with van der Waals surface area (Å²) in [6.45, 7) is 3.97. The number of hydrogen-bond donors (Lipinski definition) is 3. The summed E-state index contributed by atoms with van der Waals surface area (Å²) in [6, 6.07) is 9.70. The highest BCUT2D eigenvalue weighted by Gasteiger charge is 2.07. The largest absolute Gasteiger partial charge is 0.388 e. The number of aliphatic imine (C=N–C) groups is 1. The SMILES string of the molecule is CCNC(=NCc1cn2ccsc2n1)NCCC(O)c1ccccc1.I. The monoisotopic (exact) mass is 485 g/mol. The molecule has 6 nitrogen and oxygen atoms in total. The van der Waals surface area contributed by atoms with Crippen molar-refractivity contribution in [1.29, 1.82) is 0 Å². The van der Waals surface area contributed by atoms with Gasteiger partial charge in [0.2, 0.25) is 0 Å². The van der Waals surface area contributed by atoms with Crippen molar-refractivity contribution in [2.24, 2.45) is 4.99 Å². The first-order valence-electron chi connectivity index (χ1n) is 8.42. The molecule has 1 unspecified atom stereocenters. The number of thiazole rings is 1. The maximum atomic E-state index is 10.2. The normalized spacial score (nSPS) is 12.6. The minimum absolute atomic E-state index is 0. The highest BCUT2D eigenvalue weighted by atomic mass is 127. The van der Waals surface area contributed by atoms with Gasteiger partial charge in [0.25, 0.3) is 0 Å². The number of imidazole rings is 1. The quantitative estimate of drug-likeness (QED) is 0.273. The number of nitrogens with zero attached hydrogens (tertiary/aromatic N) is 3. The Morgan fingerprint density at radius 2 is 2.12 bits per heavy atom. The maximum Gasteiger partial charge on any atom is 0.193 e. The van der Waals surface area contributed by atoms with E-state index in [9.17, 15) is 5.11 Å². The van der Waals surface area contributed by atoms with Crippen molar-refractivity contribution in [3.63, 3.8) is 0 Å². The molecule has 0 amide bonds. The fourth-order valence-corrected chi connectivity index (χ4v) is 3.24. The Bertz CT molecular complexity index is 789. The molecule has 8 heteroatoms. The molecule has 3 N–H and O–H groups in total. The molecule has 26 heavy (non-hydrogen) atoms. The van der Waals surface area contributed by atoms with Crippen LogP contribution in [0.4, 0.5) is 0 Å². The van der Waals surface area contributed by atoms with Gasteiger partial charge in [-0.2, -0.15) is 0 Å². The van der Waals surface area contributed by atoms with Crippen LogP contribution in [0.2, 0.25) is 0 Å². The Morgan fingerprint density at radius 3 is 2.85 bits per heavy atom. The van der Waals surface area contributed by atoms with E-state index < -0.39 is 6.10 Å². The van der Waals surface area contributed by atoms with Gasteiger partial charge in [-0.15, -0.1) is 35.3 Å². The van der Waals surface area contributed by atoms with Crippen LogP contribution in [0.5, 0.6) is 0 Å². The van der Waals surface area contributed by atoms with E-state index in [0.29, 0.717) is 19.5 Å². The highest BCUT2D eigenvalue weighted by Crippen LogP contribution is 2.15. The lowest BCUT2D eigenvalue weighted by Crippen LogP contribution is -2.38. The second kappa shape index (κ2) is 10.5. The lowest BCUT2D eigenvalue weighted by molar-refractivity contribution is 0.168. The van der Waals surface area contributed by atoms with E-state index in [1.54, 1.807) is 11.3 Å². The van der Waals surface area contributed by atoms with Crippen LogP contribution in [0.25, 0.3) is 4.96 Å². The maximum absolute atomic E-state index is 10.2. The van der Waals surface area contributed by atoms with Gasteiger partial charge in [0.15, 0.2) is 10.9 Å². The number of nitrogens with one attached hydrogen (secondary N) is 2. The Morgan fingerprint density at radius 1 is 1.31 bits per heavy atom. The van der Waals surface area contributed by atoms with E-state index in [4.69, 9.17) is 0 Å². The molecule has 1 atom stereocenters. The van der Waals surface area contributed by atoms with Crippen molar-refractivity contribution in [2.45, 2.75) is 26.0 Å². The molecular formula is C18H24IN5OS. The van der Waals surface area contributed by atoms with Crippen LogP contribution in [0, 0.1) is 0 Å². The molecule has 0 saturated heterocycles. The third kappa shape index (κ3) is 5.68. The first-order chi connectivity index (χ1) is 12.3. The zero-order chi connectivity index (χ0) is 17.5. The molecule has 2 aromatic heterocycles. The molecule has 3 aromatic rings. The number of rotatable bonds is 7. The van der Waals surface area contributed by atoms with Crippen molar-refractivity contribution in [1.82, 2.24) is 20.0 Å². The second-order valence-electron chi connectivity index (χ2n) is 5.66. The minimum Gasteiger partial charge on any atom is -0.388 e. The highest BCUT2D eigenvalue weighted by molar-refractivity contribution is 14.0. The van der Waals surface area contributed by atoms with Gasteiger partial charge in [-0.05, 0) is 18.9 Å². The number of guanidine groups is 1. The minimum atomic E-state index is -0.475. The summed E-state index contributed by atoms with van der Waals surface area (Å²) in [4.78, 5) is 10.1. The molecule has 0 aliphatic rings. The predicted octanol–water partition coefficient (Wildman–Crippen LogP) is 3.19. The molecule has 0 aliphatic carbocycles. The summed E-state index contributed by atoms with van der Waals surface area (Å²) >= 11 is 1.61. The number of hydrogen-bond acceptors (Lipinski definition) is 4. The van der Waals surface area contributed by atoms with E-state index >= 15 is 0 Å². The Kier molecular flexibility index (Phi) is 8.33. The predicted molar refractivity (Wildman–Crippen MR) is 117 cm³/mol. The van der Waals surface area contributed by atoms with Crippen molar-refractivity contribution in [2.75, 3.05) is 13.1 Å². The number of halogens is 1. The van der Waals surface area contributed by atoms with Crippen LogP contribution in [0.15, 0.2) is 53.1 Å².